The van der Waals surface area contributed by atoms with Crippen LogP contribution in [0.25, 0.3) is 0 Å². The molecule has 0 aromatic heterocycles. The summed E-state index contributed by atoms with van der Waals surface area (Å²) in [5.41, 5.74) is 1.27. The molecular weight excluding hydrogens is 238 g/mol. The van der Waals surface area contributed by atoms with Crippen molar-refractivity contribution in [2.75, 3.05) is 19.8 Å². The third-order valence-electron chi connectivity index (χ3n) is 4.43. The predicted octanol–water partition coefficient (Wildman–Crippen LogP) is 2.91. The number of nitrogens with one attached hydrogen (secondary N) is 1. The lowest BCUT2D eigenvalue weighted by atomic mass is 10.0. The number of hydrogen-bond acceptors (Lipinski definition) is 2. The number of amides is 1. The third-order valence-corrected chi connectivity index (χ3v) is 4.43. The zero-order chi connectivity index (χ0) is 13.7. The van der Waals surface area contributed by atoms with Crippen molar-refractivity contribution < 1.29 is 9.53 Å². The van der Waals surface area contributed by atoms with Crippen LogP contribution < -0.4 is 5.32 Å². The van der Waals surface area contributed by atoms with Crippen LogP contribution in [0.2, 0.25) is 0 Å². The van der Waals surface area contributed by atoms with E-state index in [1.165, 1.54) is 24.8 Å². The average Bonchev–Trinajstić information content (AvgIpc) is 3.17. The predicted molar refractivity (Wildman–Crippen MR) is 76.8 cm³/mol. The first-order valence-electron chi connectivity index (χ1n) is 7.74. The van der Waals surface area contributed by atoms with Crippen molar-refractivity contribution in [3.05, 3.63) is 11.6 Å². The third kappa shape index (κ3) is 4.64. The number of allylic oxidation sites excluding steroid dienone is 1. The molecule has 19 heavy (non-hydrogen) atoms. The van der Waals surface area contributed by atoms with Crippen molar-refractivity contribution in [1.29, 1.82) is 0 Å². The Morgan fingerprint density at radius 1 is 1.37 bits per heavy atom. The van der Waals surface area contributed by atoms with Crippen LogP contribution in [-0.2, 0) is 9.53 Å². The normalized spacial score (nSPS) is 28.2. The second-order valence-corrected chi connectivity index (χ2v) is 6.08. The molecule has 1 saturated carbocycles. The van der Waals surface area contributed by atoms with E-state index < -0.39 is 0 Å². The Kier molecular flexibility index (Phi) is 5.44. The number of hydrogen-bond donors (Lipinski definition) is 1. The molecule has 2 fully saturated rings. The van der Waals surface area contributed by atoms with Crippen molar-refractivity contribution in [2.45, 2.75) is 46.0 Å². The first-order chi connectivity index (χ1) is 9.20. The van der Waals surface area contributed by atoms with Gasteiger partial charge in [-0.15, -0.1) is 0 Å². The Morgan fingerprint density at radius 3 is 2.79 bits per heavy atom. The van der Waals surface area contributed by atoms with Gasteiger partial charge in [-0.25, -0.2) is 0 Å². The molecule has 2 rings (SSSR count). The zero-order valence-electron chi connectivity index (χ0n) is 12.3. The second-order valence-electron chi connectivity index (χ2n) is 6.08. The van der Waals surface area contributed by atoms with Gasteiger partial charge in [0.25, 0.3) is 0 Å². The first-order valence-corrected chi connectivity index (χ1v) is 7.74. The summed E-state index contributed by atoms with van der Waals surface area (Å²) in [6.45, 7) is 6.82. The lowest BCUT2D eigenvalue weighted by Gasteiger charge is -2.21. The summed E-state index contributed by atoms with van der Waals surface area (Å²) in [6.07, 6.45) is 7.81. The van der Waals surface area contributed by atoms with E-state index in [9.17, 15) is 4.79 Å². The van der Waals surface area contributed by atoms with Crippen LogP contribution in [0.1, 0.15) is 46.0 Å². The maximum absolute atomic E-state index is 11.9. The second kappa shape index (κ2) is 7.09. The van der Waals surface area contributed by atoms with Crippen molar-refractivity contribution in [3.8, 4) is 0 Å². The van der Waals surface area contributed by atoms with Gasteiger partial charge in [0.15, 0.2) is 0 Å². The largest absolute Gasteiger partial charge is 0.381 e. The van der Waals surface area contributed by atoms with Crippen molar-refractivity contribution in [3.63, 3.8) is 0 Å². The van der Waals surface area contributed by atoms with E-state index >= 15 is 0 Å². The van der Waals surface area contributed by atoms with E-state index in [1.54, 1.807) is 0 Å². The van der Waals surface area contributed by atoms with Gasteiger partial charge in [-0.05, 0) is 43.9 Å². The van der Waals surface area contributed by atoms with Gasteiger partial charge < -0.3 is 10.1 Å². The van der Waals surface area contributed by atoms with Crippen molar-refractivity contribution >= 4 is 5.91 Å². The van der Waals surface area contributed by atoms with Crippen LogP contribution in [0, 0.1) is 17.8 Å². The summed E-state index contributed by atoms with van der Waals surface area (Å²) in [5.74, 6) is 2.20. The Bertz CT molecular complexity index is 332. The molecule has 3 nitrogen and oxygen atoms in total. The van der Waals surface area contributed by atoms with Crippen molar-refractivity contribution in [2.24, 2.45) is 17.8 Å². The van der Waals surface area contributed by atoms with Gasteiger partial charge in [0, 0.05) is 25.8 Å². The van der Waals surface area contributed by atoms with Crippen LogP contribution in [0.15, 0.2) is 11.6 Å². The van der Waals surface area contributed by atoms with E-state index in [4.69, 9.17) is 4.74 Å². The van der Waals surface area contributed by atoms with E-state index in [1.807, 2.05) is 6.08 Å². The Balaban J connectivity index is 1.68. The van der Waals surface area contributed by atoms with E-state index in [2.05, 4.69) is 19.2 Å². The summed E-state index contributed by atoms with van der Waals surface area (Å²) in [6, 6.07) is 0. The summed E-state index contributed by atoms with van der Waals surface area (Å²) >= 11 is 0. The van der Waals surface area contributed by atoms with E-state index in [-0.39, 0.29) is 5.91 Å². The molecule has 2 aliphatic rings. The molecule has 0 spiro atoms. The standard InChI is InChI=1S/C16H27NO2/c1-3-4-14-10-15(14)12(2)9-16(18)17-11-13-5-7-19-8-6-13/h9,13-15H,3-8,10-11H2,1-2H3,(H,17,18)/b12-9+. The minimum absolute atomic E-state index is 0.0890. The highest BCUT2D eigenvalue weighted by Crippen LogP contribution is 2.46. The maximum Gasteiger partial charge on any atom is 0.243 e. The molecule has 3 heteroatoms. The smallest absolute Gasteiger partial charge is 0.243 e. The molecule has 1 saturated heterocycles. The number of rotatable bonds is 6. The van der Waals surface area contributed by atoms with Gasteiger partial charge in [0.1, 0.15) is 0 Å². The molecule has 108 valence electrons. The highest BCUT2D eigenvalue weighted by Gasteiger charge is 2.37. The molecule has 0 radical (unpaired) electrons. The number of carbonyl (C=O) groups is 1. The minimum atomic E-state index is 0.0890. The van der Waals surface area contributed by atoms with Crippen LogP contribution in [0.4, 0.5) is 0 Å². The molecule has 1 amide bonds. The Labute approximate surface area is 116 Å². The highest BCUT2D eigenvalue weighted by molar-refractivity contribution is 5.88. The summed E-state index contributed by atoms with van der Waals surface area (Å²) in [5, 5.41) is 3.04. The van der Waals surface area contributed by atoms with Crippen molar-refractivity contribution in [1.82, 2.24) is 5.32 Å². The molecule has 1 N–H and O–H groups in total. The number of carbonyl (C=O) groups excluding carboxylic acids is 1. The number of ether oxygens (including phenoxy) is 1. The lowest BCUT2D eigenvalue weighted by molar-refractivity contribution is -0.116. The lowest BCUT2D eigenvalue weighted by Crippen LogP contribution is -2.31. The van der Waals surface area contributed by atoms with Crippen LogP contribution >= 0.6 is 0 Å². The van der Waals surface area contributed by atoms with Gasteiger partial charge in [0.2, 0.25) is 5.91 Å². The van der Waals surface area contributed by atoms with E-state index in [0.29, 0.717) is 11.8 Å². The SMILES string of the molecule is CCCC1CC1/C(C)=C/C(=O)NCC1CCOCC1. The average molecular weight is 265 g/mol. The molecule has 0 aromatic carbocycles. The molecule has 2 atom stereocenters. The topological polar surface area (TPSA) is 38.3 Å². The van der Waals surface area contributed by atoms with Gasteiger partial charge in [-0.1, -0.05) is 25.3 Å². The fraction of sp³-hybridized carbons (Fsp3) is 0.812. The minimum Gasteiger partial charge on any atom is -0.381 e. The fourth-order valence-electron chi connectivity index (χ4n) is 3.06. The zero-order valence-corrected chi connectivity index (χ0v) is 12.3. The van der Waals surface area contributed by atoms with Gasteiger partial charge in [0.05, 0.1) is 0 Å². The molecular formula is C16H27NO2. The Hall–Kier alpha value is -0.830. The van der Waals surface area contributed by atoms with Crippen LogP contribution in [0.3, 0.4) is 0 Å². The quantitative estimate of drug-likeness (QED) is 0.750. The van der Waals surface area contributed by atoms with Gasteiger partial charge in [-0.3, -0.25) is 4.79 Å². The van der Waals surface area contributed by atoms with E-state index in [0.717, 1.165) is 38.5 Å². The highest BCUT2D eigenvalue weighted by atomic mass is 16.5. The molecule has 1 aliphatic carbocycles. The van der Waals surface area contributed by atoms with Gasteiger partial charge >= 0.3 is 0 Å². The molecule has 1 aliphatic heterocycles. The fourth-order valence-corrected chi connectivity index (χ4v) is 3.06. The molecule has 2 unspecified atom stereocenters. The molecule has 0 bridgehead atoms. The van der Waals surface area contributed by atoms with Crippen LogP contribution in [0.5, 0.6) is 0 Å². The maximum atomic E-state index is 11.9. The summed E-state index contributed by atoms with van der Waals surface area (Å²) in [4.78, 5) is 11.9. The molecule has 1 heterocycles. The Morgan fingerprint density at radius 2 is 2.11 bits per heavy atom. The van der Waals surface area contributed by atoms with Gasteiger partial charge in [-0.2, -0.15) is 0 Å². The first kappa shape index (κ1) is 14.6. The summed E-state index contributed by atoms with van der Waals surface area (Å²) in [7, 11) is 0. The summed E-state index contributed by atoms with van der Waals surface area (Å²) < 4.78 is 5.32. The van der Waals surface area contributed by atoms with Crippen LogP contribution in [-0.4, -0.2) is 25.7 Å². The molecule has 0 aromatic rings. The monoisotopic (exact) mass is 265 g/mol.